The Labute approximate surface area is 162 Å². The third-order valence-electron chi connectivity index (χ3n) is 0.480. The fraction of sp³-hybridized carbons (Fsp3) is 0.750. The molecule has 11 heavy (non-hydrogen) atoms. The molecule has 0 radical (unpaired) electrons. The van der Waals surface area contributed by atoms with Crippen LogP contribution in [0.15, 0.2) is 0 Å². The number of hydrogen-bond acceptors (Lipinski definition) is 2. The van der Waals surface area contributed by atoms with Gasteiger partial charge in [0.2, 0.25) is 0 Å². The van der Waals surface area contributed by atoms with E-state index in [1.807, 2.05) is 0 Å². The van der Waals surface area contributed by atoms with Gasteiger partial charge >= 0.3 is 124 Å². The summed E-state index contributed by atoms with van der Waals surface area (Å²) in [5.74, 6) is 0. The van der Waals surface area contributed by atoms with Crippen molar-refractivity contribution in [3.8, 4) is 0 Å². The molecular formula is C4H13NNa4O2. The van der Waals surface area contributed by atoms with Crippen LogP contribution in [0.5, 0.6) is 0 Å². The number of ether oxygens (including phenoxy) is 1. The molecule has 3 nitrogen and oxygen atoms in total. The van der Waals surface area contributed by atoms with Gasteiger partial charge in [-0.3, -0.25) is 0 Å². The molecule has 0 fully saturated rings. The van der Waals surface area contributed by atoms with E-state index in [2.05, 4.69) is 10.1 Å². The minimum absolute atomic E-state index is 0. The summed E-state index contributed by atoms with van der Waals surface area (Å²) in [5.41, 5.74) is 0. The summed E-state index contributed by atoms with van der Waals surface area (Å²) in [7, 11) is 1.53. The Balaban J connectivity index is -0.00000000643. The number of hydrogen-bond donors (Lipinski definition) is 1. The first kappa shape index (κ1) is 29.2. The second-order valence-corrected chi connectivity index (χ2v) is 0.970. The molecule has 0 atom stereocenters. The van der Waals surface area contributed by atoms with Crippen LogP contribution in [0.4, 0.5) is 4.79 Å². The molecule has 0 aromatic heterocycles. The number of alkyl carbamates (subject to hydrolysis) is 1. The number of carbonyl (C=O) groups is 1. The largest absolute Gasteiger partial charge is 1.00 e. The van der Waals surface area contributed by atoms with Crippen molar-refractivity contribution < 1.29 is 133 Å². The van der Waals surface area contributed by atoms with E-state index in [4.69, 9.17) is 0 Å². The molecule has 0 aliphatic heterocycles. The van der Waals surface area contributed by atoms with Crippen LogP contribution >= 0.6 is 0 Å². The standard InChI is InChI=1S/C4H9NO2.4Na.4H/c1-3-7-4(6)5-2;;;;;;;;/h3H2,1-2H3,(H,5,6);;;;;;;;/q;4*+1;4*-1. The summed E-state index contributed by atoms with van der Waals surface area (Å²) < 4.78 is 4.44. The van der Waals surface area contributed by atoms with Gasteiger partial charge in [0.15, 0.2) is 0 Å². The second-order valence-electron chi connectivity index (χ2n) is 0.970. The first-order chi connectivity index (χ1) is 3.31. The minimum atomic E-state index is -0.373. The van der Waals surface area contributed by atoms with Gasteiger partial charge in [-0.15, -0.1) is 0 Å². The van der Waals surface area contributed by atoms with Gasteiger partial charge in [0, 0.05) is 7.05 Å². The number of rotatable bonds is 1. The van der Waals surface area contributed by atoms with Gasteiger partial charge in [-0.25, -0.2) is 4.79 Å². The van der Waals surface area contributed by atoms with Gasteiger partial charge in [-0.1, -0.05) is 0 Å². The zero-order valence-electron chi connectivity index (χ0n) is 12.5. The molecule has 50 valence electrons. The van der Waals surface area contributed by atoms with Crippen molar-refractivity contribution in [3.05, 3.63) is 0 Å². The molecule has 0 saturated heterocycles. The van der Waals surface area contributed by atoms with Gasteiger partial charge < -0.3 is 15.8 Å². The maximum Gasteiger partial charge on any atom is 1.00 e. The Bertz CT molecular complexity index is 85.7. The molecule has 0 aromatic carbocycles. The predicted octanol–water partition coefficient (Wildman–Crippen LogP) is -11.2. The van der Waals surface area contributed by atoms with Crippen LogP contribution in [0, 0.1) is 0 Å². The average molecular weight is 199 g/mol. The summed E-state index contributed by atoms with van der Waals surface area (Å²) in [5, 5.41) is 2.30. The molecule has 0 bridgehead atoms. The van der Waals surface area contributed by atoms with Crippen molar-refractivity contribution in [1.29, 1.82) is 0 Å². The number of amides is 1. The molecule has 0 heterocycles. The summed E-state index contributed by atoms with van der Waals surface area (Å²) in [6.07, 6.45) is -0.373. The third-order valence-corrected chi connectivity index (χ3v) is 0.480. The van der Waals surface area contributed by atoms with Gasteiger partial charge in [0.05, 0.1) is 6.61 Å². The summed E-state index contributed by atoms with van der Waals surface area (Å²) in [4.78, 5) is 10.1. The summed E-state index contributed by atoms with van der Waals surface area (Å²) in [6, 6.07) is 0. The van der Waals surface area contributed by atoms with Crippen LogP contribution < -0.4 is 124 Å². The maximum atomic E-state index is 10.1. The monoisotopic (exact) mass is 199 g/mol. The van der Waals surface area contributed by atoms with Crippen LogP contribution in [-0.2, 0) is 4.74 Å². The predicted molar refractivity (Wildman–Crippen MR) is 30.5 cm³/mol. The van der Waals surface area contributed by atoms with Crippen molar-refractivity contribution in [2.75, 3.05) is 13.7 Å². The Morgan fingerprint density at radius 1 is 1.36 bits per heavy atom. The molecule has 0 aromatic rings. The molecular weight excluding hydrogens is 186 g/mol. The molecule has 1 amide bonds. The fourth-order valence-corrected chi connectivity index (χ4v) is 0.203. The van der Waals surface area contributed by atoms with E-state index in [-0.39, 0.29) is 130 Å². The first-order valence-electron chi connectivity index (χ1n) is 2.15. The van der Waals surface area contributed by atoms with Crippen LogP contribution in [0.25, 0.3) is 0 Å². The van der Waals surface area contributed by atoms with Crippen LogP contribution in [-0.4, -0.2) is 19.7 Å². The fourth-order valence-electron chi connectivity index (χ4n) is 0.203. The second kappa shape index (κ2) is 23.2. The Hall–Kier alpha value is 3.27. The smallest absolute Gasteiger partial charge is 1.00 e. The van der Waals surface area contributed by atoms with Crippen molar-refractivity contribution in [1.82, 2.24) is 5.32 Å². The molecule has 0 aliphatic carbocycles. The van der Waals surface area contributed by atoms with E-state index in [9.17, 15) is 4.79 Å². The van der Waals surface area contributed by atoms with Crippen molar-refractivity contribution in [2.24, 2.45) is 0 Å². The topological polar surface area (TPSA) is 38.3 Å². The SMILES string of the molecule is CCOC(=O)NC.[H-].[H-].[H-].[H-].[Na+].[Na+].[Na+].[Na+]. The molecule has 0 rings (SSSR count). The van der Waals surface area contributed by atoms with E-state index in [1.54, 1.807) is 6.92 Å². The average Bonchev–Trinajstić information content (AvgIpc) is 1.68. The molecule has 1 N–H and O–H groups in total. The van der Waals surface area contributed by atoms with Crippen molar-refractivity contribution in [3.63, 3.8) is 0 Å². The van der Waals surface area contributed by atoms with Gasteiger partial charge in [-0.05, 0) is 6.92 Å². The first-order valence-corrected chi connectivity index (χ1v) is 2.15. The van der Waals surface area contributed by atoms with Gasteiger partial charge in [0.25, 0.3) is 0 Å². The normalized spacial score (nSPS) is 4.91. The Morgan fingerprint density at radius 3 is 1.82 bits per heavy atom. The van der Waals surface area contributed by atoms with Crippen LogP contribution in [0.2, 0.25) is 0 Å². The molecule has 7 heteroatoms. The van der Waals surface area contributed by atoms with E-state index in [0.29, 0.717) is 6.61 Å². The van der Waals surface area contributed by atoms with E-state index in [1.165, 1.54) is 7.05 Å². The summed E-state index contributed by atoms with van der Waals surface area (Å²) >= 11 is 0. The summed E-state index contributed by atoms with van der Waals surface area (Å²) in [6.45, 7) is 2.19. The van der Waals surface area contributed by atoms with Crippen molar-refractivity contribution in [2.45, 2.75) is 6.92 Å². The molecule has 0 unspecified atom stereocenters. The van der Waals surface area contributed by atoms with E-state index >= 15 is 0 Å². The molecule has 0 aliphatic rings. The minimum Gasteiger partial charge on any atom is -1.00 e. The van der Waals surface area contributed by atoms with Gasteiger partial charge in [-0.2, -0.15) is 0 Å². The quantitative estimate of drug-likeness (QED) is 0.426. The Morgan fingerprint density at radius 2 is 1.73 bits per heavy atom. The zero-order valence-corrected chi connectivity index (χ0v) is 16.5. The molecule has 0 spiro atoms. The van der Waals surface area contributed by atoms with Crippen LogP contribution in [0.1, 0.15) is 12.6 Å². The van der Waals surface area contributed by atoms with E-state index < -0.39 is 0 Å². The molecule has 0 saturated carbocycles. The van der Waals surface area contributed by atoms with Gasteiger partial charge in [0.1, 0.15) is 0 Å². The third kappa shape index (κ3) is 24.6. The van der Waals surface area contributed by atoms with E-state index in [0.717, 1.165) is 0 Å². The van der Waals surface area contributed by atoms with Crippen LogP contribution in [0.3, 0.4) is 0 Å². The van der Waals surface area contributed by atoms with Crippen molar-refractivity contribution >= 4 is 6.09 Å². The zero-order chi connectivity index (χ0) is 5.70. The Kier molecular flexibility index (Phi) is 61.8. The number of nitrogens with one attached hydrogen (secondary N) is 1. The number of carbonyl (C=O) groups excluding carboxylic acids is 1. The maximum absolute atomic E-state index is 10.1.